The van der Waals surface area contributed by atoms with Crippen molar-refractivity contribution >= 4 is 28.9 Å². The van der Waals surface area contributed by atoms with E-state index in [4.69, 9.17) is 4.74 Å². The number of fused-ring (bicyclic) bond motifs is 1. The van der Waals surface area contributed by atoms with E-state index in [1.165, 1.54) is 17.9 Å². The summed E-state index contributed by atoms with van der Waals surface area (Å²) < 4.78 is 7.92. The Balaban J connectivity index is 1.51. The molecule has 0 spiro atoms. The average molecular weight is 447 g/mol. The third kappa shape index (κ3) is 3.93. The number of ether oxygens (including phenoxy) is 1. The van der Waals surface area contributed by atoms with Gasteiger partial charge in [0.05, 0.1) is 13.3 Å². The van der Waals surface area contributed by atoms with Gasteiger partial charge in [-0.1, -0.05) is 0 Å². The lowest BCUT2D eigenvalue weighted by atomic mass is 10.3. The van der Waals surface area contributed by atoms with E-state index in [-0.39, 0.29) is 23.2 Å². The van der Waals surface area contributed by atoms with Crippen LogP contribution in [0.3, 0.4) is 0 Å². The summed E-state index contributed by atoms with van der Waals surface area (Å²) in [4.78, 5) is 30.2. The van der Waals surface area contributed by atoms with Gasteiger partial charge in [-0.15, -0.1) is 10.2 Å². The van der Waals surface area contributed by atoms with Crippen molar-refractivity contribution in [1.82, 2.24) is 34.7 Å². The lowest BCUT2D eigenvalue weighted by Crippen LogP contribution is -2.25. The van der Waals surface area contributed by atoms with Crippen molar-refractivity contribution in [2.24, 2.45) is 0 Å². The summed E-state index contributed by atoms with van der Waals surface area (Å²) in [7, 11) is 3.23. The SMILES string of the molecule is CNc1cc(Nc2cccn(-c3ccc(OC)nn3)c2=O)nc2c(C(=O)NC3CC3)cnn12. The second-order valence-corrected chi connectivity index (χ2v) is 7.47. The zero-order valence-electron chi connectivity index (χ0n) is 17.9. The van der Waals surface area contributed by atoms with Gasteiger partial charge in [-0.2, -0.15) is 9.61 Å². The number of rotatable bonds is 7. The molecule has 1 fully saturated rings. The number of hydrogen-bond acceptors (Lipinski definition) is 9. The number of anilines is 3. The molecule has 1 aliphatic carbocycles. The Morgan fingerprint density at radius 2 is 2.06 bits per heavy atom. The second-order valence-electron chi connectivity index (χ2n) is 7.47. The molecule has 168 valence electrons. The predicted octanol–water partition coefficient (Wildman–Crippen LogP) is 1.36. The number of nitrogens with zero attached hydrogens (tertiary/aromatic N) is 6. The van der Waals surface area contributed by atoms with Crippen LogP contribution in [0, 0.1) is 0 Å². The summed E-state index contributed by atoms with van der Waals surface area (Å²) in [5.41, 5.74) is 0.670. The number of pyridine rings is 1. The number of nitrogens with one attached hydrogen (secondary N) is 3. The van der Waals surface area contributed by atoms with Crippen LogP contribution >= 0.6 is 0 Å². The molecule has 3 N–H and O–H groups in total. The molecule has 0 radical (unpaired) electrons. The van der Waals surface area contributed by atoms with Crippen LogP contribution in [0.5, 0.6) is 5.88 Å². The van der Waals surface area contributed by atoms with Crippen LogP contribution in [0.1, 0.15) is 23.2 Å². The smallest absolute Gasteiger partial charge is 0.280 e. The molecule has 0 aliphatic heterocycles. The van der Waals surface area contributed by atoms with Crippen LogP contribution in [0.15, 0.2) is 47.5 Å². The highest BCUT2D eigenvalue weighted by Gasteiger charge is 2.26. The Hall–Kier alpha value is -4.48. The van der Waals surface area contributed by atoms with Gasteiger partial charge in [0.1, 0.15) is 22.9 Å². The summed E-state index contributed by atoms with van der Waals surface area (Å²) in [5.74, 6) is 1.45. The molecule has 4 heterocycles. The summed E-state index contributed by atoms with van der Waals surface area (Å²) >= 11 is 0. The first kappa shape index (κ1) is 20.4. The summed E-state index contributed by atoms with van der Waals surface area (Å²) in [6, 6.07) is 8.51. The van der Waals surface area contributed by atoms with Gasteiger partial charge < -0.3 is 20.7 Å². The third-order valence-corrected chi connectivity index (χ3v) is 5.18. The van der Waals surface area contributed by atoms with Crippen molar-refractivity contribution in [3.05, 3.63) is 58.6 Å². The summed E-state index contributed by atoms with van der Waals surface area (Å²) in [6.07, 6.45) is 5.04. The van der Waals surface area contributed by atoms with Crippen molar-refractivity contribution in [2.75, 3.05) is 24.8 Å². The Morgan fingerprint density at radius 3 is 2.76 bits per heavy atom. The molecule has 5 rings (SSSR count). The van der Waals surface area contributed by atoms with Gasteiger partial charge in [-0.05, 0) is 31.0 Å². The van der Waals surface area contributed by atoms with Gasteiger partial charge >= 0.3 is 0 Å². The Labute approximate surface area is 187 Å². The first-order chi connectivity index (χ1) is 16.1. The van der Waals surface area contributed by atoms with E-state index < -0.39 is 0 Å². The lowest BCUT2D eigenvalue weighted by molar-refractivity contribution is 0.0952. The number of carbonyl (C=O) groups excluding carboxylic acids is 1. The zero-order chi connectivity index (χ0) is 22.9. The van der Waals surface area contributed by atoms with E-state index in [0.717, 1.165) is 12.8 Å². The maximum Gasteiger partial charge on any atom is 0.280 e. The van der Waals surface area contributed by atoms with E-state index in [2.05, 4.69) is 36.2 Å². The zero-order valence-corrected chi connectivity index (χ0v) is 17.9. The van der Waals surface area contributed by atoms with Crippen LogP contribution in [0.4, 0.5) is 17.3 Å². The second kappa shape index (κ2) is 8.22. The molecule has 0 saturated heterocycles. The van der Waals surface area contributed by atoms with E-state index in [0.29, 0.717) is 34.5 Å². The first-order valence-electron chi connectivity index (χ1n) is 10.3. The standard InChI is InChI=1S/C21H21N9O3/c1-22-17-10-15(26-19-13(11-23-30(17)19)20(31)24-12-5-6-12)25-14-4-3-9-29(21(14)32)16-7-8-18(33-2)28-27-16/h3-4,7-12,22H,5-6H2,1-2H3,(H,24,31)(H,25,26). The predicted molar refractivity (Wildman–Crippen MR) is 120 cm³/mol. The third-order valence-electron chi connectivity index (χ3n) is 5.18. The van der Waals surface area contributed by atoms with E-state index in [1.54, 1.807) is 48.1 Å². The Kier molecular flexibility index (Phi) is 5.09. The molecule has 4 aromatic heterocycles. The molecule has 33 heavy (non-hydrogen) atoms. The van der Waals surface area contributed by atoms with Gasteiger partial charge in [0.2, 0.25) is 5.88 Å². The molecule has 1 aliphatic rings. The number of amides is 1. The molecule has 0 bridgehead atoms. The molecule has 12 nitrogen and oxygen atoms in total. The van der Waals surface area contributed by atoms with Crippen molar-refractivity contribution in [1.29, 1.82) is 0 Å². The molecular weight excluding hydrogens is 426 g/mol. The lowest BCUT2D eigenvalue weighted by Gasteiger charge is -2.11. The van der Waals surface area contributed by atoms with Crippen LogP contribution in [0.25, 0.3) is 11.5 Å². The molecule has 0 atom stereocenters. The molecule has 1 saturated carbocycles. The van der Waals surface area contributed by atoms with Crippen LogP contribution in [-0.2, 0) is 0 Å². The highest BCUT2D eigenvalue weighted by Crippen LogP contribution is 2.23. The molecule has 0 unspecified atom stereocenters. The fraction of sp³-hybridized carbons (Fsp3) is 0.238. The van der Waals surface area contributed by atoms with Gasteiger partial charge in [-0.3, -0.25) is 14.2 Å². The maximum atomic E-state index is 13.1. The largest absolute Gasteiger partial charge is 0.480 e. The summed E-state index contributed by atoms with van der Waals surface area (Å²) in [6.45, 7) is 0. The van der Waals surface area contributed by atoms with E-state index >= 15 is 0 Å². The molecular formula is C21H21N9O3. The van der Waals surface area contributed by atoms with Crippen LogP contribution in [-0.4, -0.2) is 55.5 Å². The minimum absolute atomic E-state index is 0.210. The van der Waals surface area contributed by atoms with Crippen molar-refractivity contribution in [3.63, 3.8) is 0 Å². The van der Waals surface area contributed by atoms with E-state index in [1.807, 2.05) is 0 Å². The number of carbonyl (C=O) groups is 1. The quantitative estimate of drug-likeness (QED) is 0.383. The van der Waals surface area contributed by atoms with Crippen LogP contribution in [0.2, 0.25) is 0 Å². The van der Waals surface area contributed by atoms with Crippen molar-refractivity contribution in [3.8, 4) is 11.7 Å². The first-order valence-corrected chi connectivity index (χ1v) is 10.3. The molecule has 1 amide bonds. The highest BCUT2D eigenvalue weighted by molar-refractivity contribution is 6.00. The molecule has 12 heteroatoms. The Morgan fingerprint density at radius 1 is 1.21 bits per heavy atom. The summed E-state index contributed by atoms with van der Waals surface area (Å²) in [5, 5.41) is 21.3. The van der Waals surface area contributed by atoms with Gasteiger partial charge in [0, 0.05) is 31.4 Å². The minimum atomic E-state index is -0.343. The van der Waals surface area contributed by atoms with Crippen molar-refractivity contribution in [2.45, 2.75) is 18.9 Å². The molecule has 0 aromatic carbocycles. The highest BCUT2D eigenvalue weighted by atomic mass is 16.5. The average Bonchev–Trinajstić information content (AvgIpc) is 3.55. The Bertz CT molecular complexity index is 1390. The number of aromatic nitrogens is 6. The normalized spacial score (nSPS) is 13.0. The monoisotopic (exact) mass is 447 g/mol. The van der Waals surface area contributed by atoms with Gasteiger partial charge in [0.25, 0.3) is 11.5 Å². The molecule has 4 aromatic rings. The number of methoxy groups -OCH3 is 1. The number of hydrogen-bond donors (Lipinski definition) is 3. The van der Waals surface area contributed by atoms with Gasteiger partial charge in [-0.25, -0.2) is 4.98 Å². The van der Waals surface area contributed by atoms with Crippen LogP contribution < -0.4 is 26.2 Å². The maximum absolute atomic E-state index is 13.1. The van der Waals surface area contributed by atoms with Gasteiger partial charge in [0.15, 0.2) is 11.5 Å². The van der Waals surface area contributed by atoms with Crippen molar-refractivity contribution < 1.29 is 9.53 Å². The fourth-order valence-electron chi connectivity index (χ4n) is 3.31. The topological polar surface area (TPSA) is 140 Å². The van der Waals surface area contributed by atoms with E-state index in [9.17, 15) is 9.59 Å². The fourth-order valence-corrected chi connectivity index (χ4v) is 3.31. The minimum Gasteiger partial charge on any atom is -0.480 e.